The highest BCUT2D eigenvalue weighted by atomic mass is 35.5. The number of ether oxygens (including phenoxy) is 1. The van der Waals surface area contributed by atoms with Crippen molar-refractivity contribution in [1.82, 2.24) is 10.6 Å². The fraction of sp³-hybridized carbons (Fsp3) is 0.600. The Balaban J connectivity index is 0.00000729. The third kappa shape index (κ3) is 9.78. The van der Waals surface area contributed by atoms with Crippen molar-refractivity contribution in [2.45, 2.75) is 44.8 Å². The van der Waals surface area contributed by atoms with Crippen LogP contribution in [0.3, 0.4) is 0 Å². The van der Waals surface area contributed by atoms with E-state index in [1.54, 1.807) is 11.8 Å². The van der Waals surface area contributed by atoms with Gasteiger partial charge in [-0.25, -0.2) is 4.79 Å². The Morgan fingerprint density at radius 3 is 2.36 bits per heavy atom. The van der Waals surface area contributed by atoms with Gasteiger partial charge in [-0.05, 0) is 36.3 Å². The number of hydrogen-bond donors (Lipinski definition) is 3. The van der Waals surface area contributed by atoms with E-state index in [-0.39, 0.29) is 24.4 Å². The van der Waals surface area contributed by atoms with E-state index in [2.05, 4.69) is 10.6 Å². The van der Waals surface area contributed by atoms with Crippen LogP contribution in [-0.4, -0.2) is 55.7 Å². The molecule has 3 atom stereocenters. The Morgan fingerprint density at radius 2 is 1.82 bits per heavy atom. The zero-order chi connectivity index (χ0) is 20.2. The molecule has 0 aliphatic heterocycles. The Bertz CT molecular complexity index is 575. The van der Waals surface area contributed by atoms with Crippen molar-refractivity contribution in [3.63, 3.8) is 0 Å². The highest BCUT2D eigenvalue weighted by Crippen LogP contribution is 2.07. The topological polar surface area (TPSA) is 93.4 Å². The molecule has 1 aromatic rings. The minimum atomic E-state index is -0.645. The molecule has 160 valence electrons. The molecule has 0 fully saturated rings. The SMILES string of the molecule is COC(=O)[C@H](CCSC)NC(=O)[C@H](Cc1ccccc1)NC[C@@H](N)C(C)C.Cl. The van der Waals surface area contributed by atoms with Crippen LogP contribution in [0.15, 0.2) is 30.3 Å². The van der Waals surface area contributed by atoms with Crippen molar-refractivity contribution in [3.05, 3.63) is 35.9 Å². The van der Waals surface area contributed by atoms with Crippen molar-refractivity contribution < 1.29 is 14.3 Å². The van der Waals surface area contributed by atoms with Crippen molar-refractivity contribution in [3.8, 4) is 0 Å². The molecule has 1 rings (SSSR count). The van der Waals surface area contributed by atoms with Crippen LogP contribution in [0, 0.1) is 5.92 Å². The normalized spacial score (nSPS) is 13.9. The summed E-state index contributed by atoms with van der Waals surface area (Å²) in [6.07, 6.45) is 3.01. The fourth-order valence-electron chi connectivity index (χ4n) is 2.52. The number of esters is 1. The first-order valence-electron chi connectivity index (χ1n) is 9.29. The lowest BCUT2D eigenvalue weighted by molar-refractivity contribution is -0.145. The van der Waals surface area contributed by atoms with Gasteiger partial charge < -0.3 is 21.1 Å². The van der Waals surface area contributed by atoms with Crippen LogP contribution in [-0.2, 0) is 20.7 Å². The Labute approximate surface area is 179 Å². The van der Waals surface area contributed by atoms with Crippen LogP contribution < -0.4 is 16.4 Å². The van der Waals surface area contributed by atoms with E-state index < -0.39 is 18.1 Å². The predicted octanol–water partition coefficient (Wildman–Crippen LogP) is 2.00. The summed E-state index contributed by atoms with van der Waals surface area (Å²) in [5, 5.41) is 6.12. The van der Waals surface area contributed by atoms with Crippen LogP contribution in [0.1, 0.15) is 25.8 Å². The number of rotatable bonds is 12. The van der Waals surface area contributed by atoms with Gasteiger partial charge in [-0.1, -0.05) is 44.2 Å². The number of hydrogen-bond acceptors (Lipinski definition) is 6. The maximum atomic E-state index is 12.9. The minimum Gasteiger partial charge on any atom is -0.467 e. The van der Waals surface area contributed by atoms with Crippen molar-refractivity contribution in [1.29, 1.82) is 0 Å². The summed E-state index contributed by atoms with van der Waals surface area (Å²) in [6, 6.07) is 8.62. The number of halogens is 1. The Morgan fingerprint density at radius 1 is 1.18 bits per heavy atom. The molecule has 28 heavy (non-hydrogen) atoms. The summed E-state index contributed by atoms with van der Waals surface area (Å²) >= 11 is 1.62. The summed E-state index contributed by atoms with van der Waals surface area (Å²) in [5.74, 6) is 0.429. The second-order valence-electron chi connectivity index (χ2n) is 6.92. The molecule has 1 aromatic carbocycles. The molecule has 6 nitrogen and oxygen atoms in total. The first-order chi connectivity index (χ1) is 12.9. The smallest absolute Gasteiger partial charge is 0.328 e. The van der Waals surface area contributed by atoms with Crippen LogP contribution in [0.5, 0.6) is 0 Å². The molecule has 0 heterocycles. The van der Waals surface area contributed by atoms with Crippen molar-refractivity contribution in [2.75, 3.05) is 25.7 Å². The Hall–Kier alpha value is -1.28. The van der Waals surface area contributed by atoms with Gasteiger partial charge in [-0.3, -0.25) is 4.79 Å². The van der Waals surface area contributed by atoms with E-state index in [9.17, 15) is 9.59 Å². The summed E-state index contributed by atoms with van der Waals surface area (Å²) in [6.45, 7) is 4.62. The second kappa shape index (κ2) is 14.7. The summed E-state index contributed by atoms with van der Waals surface area (Å²) in [7, 11) is 1.34. The number of methoxy groups -OCH3 is 1. The molecule has 0 bridgehead atoms. The van der Waals surface area contributed by atoms with Gasteiger partial charge in [0.25, 0.3) is 0 Å². The molecule has 8 heteroatoms. The zero-order valence-electron chi connectivity index (χ0n) is 17.1. The van der Waals surface area contributed by atoms with E-state index in [4.69, 9.17) is 10.5 Å². The zero-order valence-corrected chi connectivity index (χ0v) is 18.8. The molecule has 1 amide bonds. The lowest BCUT2D eigenvalue weighted by Crippen LogP contribution is -2.53. The average Bonchev–Trinajstić information content (AvgIpc) is 2.67. The number of nitrogens with two attached hydrogens (primary N) is 1. The third-order valence-corrected chi connectivity index (χ3v) is 5.11. The monoisotopic (exact) mass is 431 g/mol. The van der Waals surface area contributed by atoms with Crippen LogP contribution in [0.2, 0.25) is 0 Å². The number of thioether (sulfide) groups is 1. The van der Waals surface area contributed by atoms with E-state index in [0.29, 0.717) is 25.3 Å². The molecule has 0 unspecified atom stereocenters. The van der Waals surface area contributed by atoms with Crippen LogP contribution >= 0.6 is 24.2 Å². The van der Waals surface area contributed by atoms with Crippen LogP contribution in [0.25, 0.3) is 0 Å². The largest absolute Gasteiger partial charge is 0.467 e. The van der Waals surface area contributed by atoms with Gasteiger partial charge in [0.1, 0.15) is 6.04 Å². The third-order valence-electron chi connectivity index (χ3n) is 4.47. The van der Waals surface area contributed by atoms with Gasteiger partial charge in [0, 0.05) is 12.6 Å². The van der Waals surface area contributed by atoms with Crippen LogP contribution in [0.4, 0.5) is 0 Å². The molecule has 0 spiro atoms. The Kier molecular flexibility index (Phi) is 14.0. The van der Waals surface area contributed by atoms with Gasteiger partial charge in [0.2, 0.25) is 5.91 Å². The van der Waals surface area contributed by atoms with Gasteiger partial charge in [0.05, 0.1) is 13.2 Å². The highest BCUT2D eigenvalue weighted by Gasteiger charge is 2.26. The van der Waals surface area contributed by atoms with E-state index in [1.165, 1.54) is 7.11 Å². The molecule has 0 radical (unpaired) electrons. The fourth-order valence-corrected chi connectivity index (χ4v) is 2.99. The summed E-state index contributed by atoms with van der Waals surface area (Å²) in [5.41, 5.74) is 7.17. The van der Waals surface area contributed by atoms with Gasteiger partial charge >= 0.3 is 5.97 Å². The molecular weight excluding hydrogens is 398 g/mol. The van der Waals surface area contributed by atoms with Gasteiger partial charge in [-0.2, -0.15) is 11.8 Å². The van der Waals surface area contributed by atoms with E-state index in [1.807, 2.05) is 50.4 Å². The number of carbonyl (C=O) groups is 2. The molecule has 0 aromatic heterocycles. The molecule has 0 aliphatic rings. The molecule has 4 N–H and O–H groups in total. The molecular formula is C20H34ClN3O3S. The maximum Gasteiger partial charge on any atom is 0.328 e. The lowest BCUT2D eigenvalue weighted by atomic mass is 10.0. The minimum absolute atomic E-state index is 0. The number of carbonyl (C=O) groups excluding carboxylic acids is 2. The number of benzene rings is 1. The van der Waals surface area contributed by atoms with Crippen molar-refractivity contribution in [2.24, 2.45) is 11.7 Å². The highest BCUT2D eigenvalue weighted by molar-refractivity contribution is 7.98. The maximum absolute atomic E-state index is 12.9. The van der Waals surface area contributed by atoms with E-state index >= 15 is 0 Å². The van der Waals surface area contributed by atoms with Gasteiger partial charge in [0.15, 0.2) is 0 Å². The first kappa shape index (κ1) is 26.7. The predicted molar refractivity (Wildman–Crippen MR) is 119 cm³/mol. The van der Waals surface area contributed by atoms with Crippen molar-refractivity contribution >= 4 is 36.0 Å². The molecule has 0 saturated carbocycles. The number of nitrogens with one attached hydrogen (secondary N) is 2. The average molecular weight is 432 g/mol. The van der Waals surface area contributed by atoms with Gasteiger partial charge in [-0.15, -0.1) is 12.4 Å². The molecule has 0 saturated heterocycles. The van der Waals surface area contributed by atoms with E-state index in [0.717, 1.165) is 11.3 Å². The standard InChI is InChI=1S/C20H33N3O3S.ClH/c1-14(2)16(21)13-22-18(12-15-8-6-5-7-9-15)19(24)23-17(10-11-27-4)20(25)26-3;/h5-9,14,16-18,22H,10-13,21H2,1-4H3,(H,23,24);1H/t16-,17+,18+;/m1./s1. The molecule has 0 aliphatic carbocycles. The summed E-state index contributed by atoms with van der Waals surface area (Å²) in [4.78, 5) is 24.9. The number of amides is 1. The lowest BCUT2D eigenvalue weighted by Gasteiger charge is -2.24. The quantitative estimate of drug-likeness (QED) is 0.438. The first-order valence-corrected chi connectivity index (χ1v) is 10.7. The summed E-state index contributed by atoms with van der Waals surface area (Å²) < 4.78 is 4.83. The second-order valence-corrected chi connectivity index (χ2v) is 7.91.